The van der Waals surface area contributed by atoms with Crippen molar-refractivity contribution in [3.63, 3.8) is 0 Å². The number of aryl methyl sites for hydroxylation is 1. The van der Waals surface area contributed by atoms with Crippen molar-refractivity contribution < 1.29 is 4.74 Å². The standard InChI is InChI=1S/C8H13NOS2/c1-3-10-4-5-11-8-9-7(2)6-12-8/h6H,3-5H2,1-2H3. The minimum Gasteiger partial charge on any atom is -0.381 e. The molecule has 1 heterocycles. The van der Waals surface area contributed by atoms with E-state index in [1.807, 2.05) is 13.8 Å². The van der Waals surface area contributed by atoms with Crippen molar-refractivity contribution in [2.75, 3.05) is 19.0 Å². The summed E-state index contributed by atoms with van der Waals surface area (Å²) in [5.41, 5.74) is 1.11. The maximum atomic E-state index is 5.22. The Hall–Kier alpha value is -0.0600. The fourth-order valence-electron chi connectivity index (χ4n) is 0.731. The topological polar surface area (TPSA) is 22.1 Å². The molecule has 1 aromatic heterocycles. The molecule has 68 valence electrons. The first-order valence-corrected chi connectivity index (χ1v) is 5.82. The second kappa shape index (κ2) is 5.56. The molecule has 0 bridgehead atoms. The Morgan fingerprint density at radius 1 is 1.67 bits per heavy atom. The first kappa shape index (κ1) is 10.0. The molecule has 1 aromatic rings. The van der Waals surface area contributed by atoms with Crippen LogP contribution in [0, 0.1) is 6.92 Å². The quantitative estimate of drug-likeness (QED) is 0.542. The third-order valence-corrected chi connectivity index (χ3v) is 3.36. The summed E-state index contributed by atoms with van der Waals surface area (Å²) in [7, 11) is 0. The van der Waals surface area contributed by atoms with Crippen molar-refractivity contribution in [2.24, 2.45) is 0 Å². The largest absolute Gasteiger partial charge is 0.381 e. The fourth-order valence-corrected chi connectivity index (χ4v) is 2.50. The molecular weight excluding hydrogens is 190 g/mol. The molecule has 1 rings (SSSR count). The van der Waals surface area contributed by atoms with Gasteiger partial charge in [0.25, 0.3) is 0 Å². The third-order valence-electron chi connectivity index (χ3n) is 1.26. The van der Waals surface area contributed by atoms with Crippen molar-refractivity contribution in [3.8, 4) is 0 Å². The first-order valence-electron chi connectivity index (χ1n) is 3.95. The van der Waals surface area contributed by atoms with E-state index in [9.17, 15) is 0 Å². The van der Waals surface area contributed by atoms with Gasteiger partial charge in [-0.1, -0.05) is 11.8 Å². The van der Waals surface area contributed by atoms with Crippen LogP contribution < -0.4 is 0 Å². The summed E-state index contributed by atoms with van der Waals surface area (Å²) >= 11 is 3.47. The smallest absolute Gasteiger partial charge is 0.150 e. The van der Waals surface area contributed by atoms with E-state index >= 15 is 0 Å². The van der Waals surface area contributed by atoms with Gasteiger partial charge in [0.2, 0.25) is 0 Å². The lowest BCUT2D eigenvalue weighted by Gasteiger charge is -1.97. The summed E-state index contributed by atoms with van der Waals surface area (Å²) in [4.78, 5) is 4.33. The molecule has 0 amide bonds. The van der Waals surface area contributed by atoms with Crippen LogP contribution in [0.5, 0.6) is 0 Å². The zero-order valence-corrected chi connectivity index (χ0v) is 9.00. The molecule has 0 radical (unpaired) electrons. The second-order valence-corrected chi connectivity index (χ2v) is 4.50. The van der Waals surface area contributed by atoms with Crippen LogP contribution in [0.15, 0.2) is 9.72 Å². The molecule has 0 aliphatic rings. The predicted octanol–water partition coefficient (Wildman–Crippen LogP) is 2.58. The van der Waals surface area contributed by atoms with Crippen LogP contribution in [0.2, 0.25) is 0 Å². The molecule has 0 N–H and O–H groups in total. The number of hydrogen-bond donors (Lipinski definition) is 0. The molecule has 0 saturated carbocycles. The Balaban J connectivity index is 2.15. The minimum absolute atomic E-state index is 0.803. The van der Waals surface area contributed by atoms with Crippen LogP contribution >= 0.6 is 23.1 Å². The van der Waals surface area contributed by atoms with E-state index in [0.29, 0.717) is 0 Å². The normalized spacial score (nSPS) is 10.5. The van der Waals surface area contributed by atoms with Crippen LogP contribution in [0.3, 0.4) is 0 Å². The summed E-state index contributed by atoms with van der Waals surface area (Å²) in [6.45, 7) is 5.65. The zero-order valence-electron chi connectivity index (χ0n) is 7.37. The van der Waals surface area contributed by atoms with Crippen molar-refractivity contribution >= 4 is 23.1 Å². The van der Waals surface area contributed by atoms with Crippen LogP contribution in [0.4, 0.5) is 0 Å². The van der Waals surface area contributed by atoms with Gasteiger partial charge in [0, 0.05) is 23.4 Å². The predicted molar refractivity (Wildman–Crippen MR) is 54.1 cm³/mol. The van der Waals surface area contributed by atoms with Crippen LogP contribution in [-0.4, -0.2) is 24.0 Å². The van der Waals surface area contributed by atoms with E-state index in [4.69, 9.17) is 4.74 Å². The van der Waals surface area contributed by atoms with E-state index in [0.717, 1.165) is 29.0 Å². The molecule has 0 atom stereocenters. The van der Waals surface area contributed by atoms with Crippen LogP contribution in [0.1, 0.15) is 12.6 Å². The Morgan fingerprint density at radius 3 is 3.08 bits per heavy atom. The van der Waals surface area contributed by atoms with Gasteiger partial charge in [-0.25, -0.2) is 4.98 Å². The maximum absolute atomic E-state index is 5.22. The maximum Gasteiger partial charge on any atom is 0.150 e. The average Bonchev–Trinajstić information content (AvgIpc) is 2.45. The number of thiazole rings is 1. The van der Waals surface area contributed by atoms with Gasteiger partial charge in [-0.2, -0.15) is 0 Å². The number of rotatable bonds is 5. The Labute approximate surface area is 81.4 Å². The lowest BCUT2D eigenvalue weighted by molar-refractivity contribution is 0.164. The number of aromatic nitrogens is 1. The summed E-state index contributed by atoms with van der Waals surface area (Å²) in [5, 5.41) is 2.07. The molecule has 0 aliphatic carbocycles. The third kappa shape index (κ3) is 3.56. The highest BCUT2D eigenvalue weighted by Gasteiger charge is 1.97. The summed E-state index contributed by atoms with van der Waals surface area (Å²) < 4.78 is 6.36. The van der Waals surface area contributed by atoms with Gasteiger partial charge >= 0.3 is 0 Å². The van der Waals surface area contributed by atoms with Crippen molar-refractivity contribution in [1.29, 1.82) is 0 Å². The molecular formula is C8H13NOS2. The monoisotopic (exact) mass is 203 g/mol. The second-order valence-electron chi connectivity index (χ2n) is 2.30. The number of hydrogen-bond acceptors (Lipinski definition) is 4. The van der Waals surface area contributed by atoms with E-state index < -0.39 is 0 Å². The van der Waals surface area contributed by atoms with E-state index in [2.05, 4.69) is 10.4 Å². The average molecular weight is 203 g/mol. The van der Waals surface area contributed by atoms with Crippen molar-refractivity contribution in [3.05, 3.63) is 11.1 Å². The minimum atomic E-state index is 0.803. The van der Waals surface area contributed by atoms with Crippen molar-refractivity contribution in [1.82, 2.24) is 4.98 Å². The SMILES string of the molecule is CCOCCSc1nc(C)cs1. The Morgan fingerprint density at radius 2 is 2.50 bits per heavy atom. The Kier molecular flexibility index (Phi) is 4.65. The highest BCUT2D eigenvalue weighted by Crippen LogP contribution is 2.21. The molecule has 0 spiro atoms. The van der Waals surface area contributed by atoms with Gasteiger partial charge in [-0.15, -0.1) is 11.3 Å². The van der Waals surface area contributed by atoms with Gasteiger partial charge in [0.05, 0.1) is 6.61 Å². The van der Waals surface area contributed by atoms with E-state index in [1.165, 1.54) is 0 Å². The fraction of sp³-hybridized carbons (Fsp3) is 0.625. The molecule has 0 unspecified atom stereocenters. The highest BCUT2D eigenvalue weighted by atomic mass is 32.2. The molecule has 0 fully saturated rings. The Bertz CT molecular complexity index is 225. The van der Waals surface area contributed by atoms with Crippen molar-refractivity contribution in [2.45, 2.75) is 18.2 Å². The molecule has 0 saturated heterocycles. The first-order chi connectivity index (χ1) is 5.83. The lowest BCUT2D eigenvalue weighted by atomic mass is 10.6. The molecule has 2 nitrogen and oxygen atoms in total. The lowest BCUT2D eigenvalue weighted by Crippen LogP contribution is -1.95. The summed E-state index contributed by atoms with van der Waals surface area (Å²) in [6.07, 6.45) is 0. The molecule has 0 aromatic carbocycles. The number of thioether (sulfide) groups is 1. The molecule has 12 heavy (non-hydrogen) atoms. The van der Waals surface area contributed by atoms with E-state index in [1.54, 1.807) is 23.1 Å². The van der Waals surface area contributed by atoms with Gasteiger partial charge in [-0.3, -0.25) is 0 Å². The van der Waals surface area contributed by atoms with Gasteiger partial charge in [0.1, 0.15) is 4.34 Å². The van der Waals surface area contributed by atoms with Crippen LogP contribution in [-0.2, 0) is 4.74 Å². The zero-order chi connectivity index (χ0) is 8.81. The van der Waals surface area contributed by atoms with Gasteiger partial charge in [0.15, 0.2) is 0 Å². The molecule has 0 aliphatic heterocycles. The summed E-state index contributed by atoms with van der Waals surface area (Å²) in [5.74, 6) is 1.00. The number of nitrogens with zero attached hydrogens (tertiary/aromatic N) is 1. The van der Waals surface area contributed by atoms with Crippen LogP contribution in [0.25, 0.3) is 0 Å². The summed E-state index contributed by atoms with van der Waals surface area (Å²) in [6, 6.07) is 0. The van der Waals surface area contributed by atoms with Gasteiger partial charge < -0.3 is 4.74 Å². The number of ether oxygens (including phenoxy) is 1. The van der Waals surface area contributed by atoms with Gasteiger partial charge in [-0.05, 0) is 13.8 Å². The molecule has 4 heteroatoms. The highest BCUT2D eigenvalue weighted by molar-refractivity contribution is 8.01. The van der Waals surface area contributed by atoms with E-state index in [-0.39, 0.29) is 0 Å².